The van der Waals surface area contributed by atoms with Crippen molar-refractivity contribution in [2.24, 2.45) is 0 Å². The molecule has 2 aromatic carbocycles. The van der Waals surface area contributed by atoms with Crippen molar-refractivity contribution in [2.75, 3.05) is 0 Å². The second kappa shape index (κ2) is 15.3. The smallest absolute Gasteiger partial charge is 0.352 e. The van der Waals surface area contributed by atoms with E-state index in [4.69, 9.17) is 9.47 Å². The van der Waals surface area contributed by atoms with Crippen molar-refractivity contribution >= 4 is 23.3 Å². The van der Waals surface area contributed by atoms with Gasteiger partial charge >= 0.3 is 11.9 Å². The highest BCUT2D eigenvalue weighted by Crippen LogP contribution is 2.14. The number of nitro benzene ring substituents is 2. The van der Waals surface area contributed by atoms with E-state index in [2.05, 4.69) is 24.1 Å². The summed E-state index contributed by atoms with van der Waals surface area (Å²) in [4.78, 5) is 43.7. The van der Waals surface area contributed by atoms with E-state index in [0.29, 0.717) is 12.8 Å². The first-order chi connectivity index (χ1) is 17.4. The zero-order chi connectivity index (χ0) is 26.2. The Balaban J connectivity index is 1.48. The largest absolute Gasteiger partial charge is 0.369 e. The van der Waals surface area contributed by atoms with Crippen molar-refractivity contribution in [3.63, 3.8) is 0 Å². The summed E-state index contributed by atoms with van der Waals surface area (Å²) in [5, 5.41) is 21.2. The lowest BCUT2D eigenvalue weighted by molar-refractivity contribution is -0.385. The highest BCUT2D eigenvalue weighted by Gasteiger charge is 2.10. The van der Waals surface area contributed by atoms with Crippen LogP contribution in [0.5, 0.6) is 0 Å². The summed E-state index contributed by atoms with van der Waals surface area (Å²) in [5.41, 5.74) is 0.185. The Labute approximate surface area is 207 Å². The van der Waals surface area contributed by atoms with Crippen LogP contribution in [0.15, 0.2) is 48.5 Å². The zero-order valence-electron chi connectivity index (χ0n) is 19.4. The van der Waals surface area contributed by atoms with E-state index in [0.717, 1.165) is 38.5 Å². The van der Waals surface area contributed by atoms with Crippen LogP contribution in [0.25, 0.3) is 0 Å². The van der Waals surface area contributed by atoms with Crippen molar-refractivity contribution in [3.8, 4) is 24.1 Å². The highest BCUT2D eigenvalue weighted by molar-refractivity contribution is 5.90. The molecule has 0 saturated heterocycles. The standard InChI is InChI=1S/C26H24N2O8/c29-25(21-11-15-23(16-12-21)27(31)32)35-19-9-7-5-3-1-2-4-6-8-10-20-36-26(30)22-13-17-24(18-14-22)28(33)34/h11-18H,1-8H2. The first-order valence-corrected chi connectivity index (χ1v) is 11.3. The molecule has 0 amide bonds. The fourth-order valence-corrected chi connectivity index (χ4v) is 2.96. The molecule has 0 aliphatic heterocycles. The van der Waals surface area contributed by atoms with Gasteiger partial charge in [-0.05, 0) is 37.1 Å². The summed E-state index contributed by atoms with van der Waals surface area (Å²) in [6, 6.07) is 10.2. The molecule has 0 atom stereocenters. The number of hydrogen-bond donors (Lipinski definition) is 0. The number of rotatable bonds is 11. The molecule has 0 aliphatic carbocycles. The van der Waals surface area contributed by atoms with E-state index in [1.54, 1.807) is 0 Å². The van der Waals surface area contributed by atoms with Crippen molar-refractivity contribution < 1.29 is 28.9 Å². The SMILES string of the molecule is O=C(OC#CCCCCCCCCC#COC(=O)c1ccc([N+](=O)[O-])cc1)c1ccc([N+](=O)[O-])cc1. The number of unbranched alkanes of at least 4 members (excludes halogenated alkanes) is 7. The minimum atomic E-state index is -0.651. The molecule has 36 heavy (non-hydrogen) atoms. The Bertz CT molecular complexity index is 1090. The van der Waals surface area contributed by atoms with Gasteiger partial charge in [-0.1, -0.05) is 37.5 Å². The molecule has 0 fully saturated rings. The molecular formula is C26H24N2O8. The number of carbonyl (C=O) groups excluding carboxylic acids is 2. The zero-order valence-corrected chi connectivity index (χ0v) is 19.4. The number of non-ortho nitro benzene ring substituents is 2. The molecule has 10 heteroatoms. The predicted octanol–water partition coefficient (Wildman–Crippen LogP) is 5.56. The predicted molar refractivity (Wildman–Crippen MR) is 130 cm³/mol. The fourth-order valence-electron chi connectivity index (χ4n) is 2.96. The number of nitrogens with zero attached hydrogens (tertiary/aromatic N) is 2. The quantitative estimate of drug-likeness (QED) is 0.131. The lowest BCUT2D eigenvalue weighted by Gasteiger charge is -1.98. The molecule has 2 rings (SSSR count). The van der Waals surface area contributed by atoms with Gasteiger partial charge in [0.15, 0.2) is 0 Å². The Hall–Kier alpha value is -4.70. The average Bonchev–Trinajstić information content (AvgIpc) is 2.88. The summed E-state index contributed by atoms with van der Waals surface area (Å²) in [6.45, 7) is 0. The molecule has 0 aromatic heterocycles. The van der Waals surface area contributed by atoms with Gasteiger partial charge < -0.3 is 9.47 Å². The average molecular weight is 492 g/mol. The van der Waals surface area contributed by atoms with Gasteiger partial charge in [0.2, 0.25) is 0 Å². The van der Waals surface area contributed by atoms with Crippen LogP contribution in [-0.2, 0) is 9.47 Å². The number of benzene rings is 2. The Morgan fingerprint density at radius 1 is 0.611 bits per heavy atom. The molecule has 2 aromatic rings. The van der Waals surface area contributed by atoms with Crippen LogP contribution in [-0.4, -0.2) is 21.8 Å². The summed E-state index contributed by atoms with van der Waals surface area (Å²) in [7, 11) is 0. The van der Waals surface area contributed by atoms with E-state index in [9.17, 15) is 29.8 Å². The Kier molecular flexibility index (Phi) is 11.7. The van der Waals surface area contributed by atoms with Crippen molar-refractivity contribution in [1.82, 2.24) is 0 Å². The summed E-state index contributed by atoms with van der Waals surface area (Å²) < 4.78 is 9.67. The molecule has 0 radical (unpaired) electrons. The van der Waals surface area contributed by atoms with Crippen LogP contribution in [0, 0.1) is 44.3 Å². The topological polar surface area (TPSA) is 139 Å². The van der Waals surface area contributed by atoms with Crippen LogP contribution in [0.1, 0.15) is 72.1 Å². The second-order valence-electron chi connectivity index (χ2n) is 7.57. The van der Waals surface area contributed by atoms with Crippen LogP contribution < -0.4 is 0 Å². The van der Waals surface area contributed by atoms with Gasteiger partial charge in [-0.2, -0.15) is 0 Å². The van der Waals surface area contributed by atoms with Gasteiger partial charge in [0.1, 0.15) is 12.2 Å². The molecule has 186 valence electrons. The maximum Gasteiger partial charge on any atom is 0.352 e. The van der Waals surface area contributed by atoms with E-state index in [1.165, 1.54) is 48.5 Å². The van der Waals surface area contributed by atoms with Crippen LogP contribution in [0.3, 0.4) is 0 Å². The molecule has 0 spiro atoms. The third-order valence-corrected chi connectivity index (χ3v) is 4.91. The fraction of sp³-hybridized carbons (Fsp3) is 0.308. The summed E-state index contributed by atoms with van der Waals surface area (Å²) in [5.74, 6) is 4.25. The molecule has 0 saturated carbocycles. The molecule has 0 unspecified atom stereocenters. The summed E-state index contributed by atoms with van der Waals surface area (Å²) in [6.07, 6.45) is 11.7. The monoisotopic (exact) mass is 492 g/mol. The number of esters is 2. The first kappa shape index (κ1) is 27.5. The molecule has 0 N–H and O–H groups in total. The molecule has 0 heterocycles. The third kappa shape index (κ3) is 10.1. The van der Waals surface area contributed by atoms with Gasteiger partial charge in [0, 0.05) is 37.1 Å². The van der Waals surface area contributed by atoms with E-state index < -0.39 is 21.8 Å². The summed E-state index contributed by atoms with van der Waals surface area (Å²) >= 11 is 0. The Morgan fingerprint density at radius 2 is 0.944 bits per heavy atom. The second-order valence-corrected chi connectivity index (χ2v) is 7.57. The number of hydrogen-bond acceptors (Lipinski definition) is 8. The highest BCUT2D eigenvalue weighted by atomic mass is 16.6. The number of nitro groups is 2. The Morgan fingerprint density at radius 3 is 1.28 bits per heavy atom. The van der Waals surface area contributed by atoms with E-state index in [1.807, 2.05) is 0 Å². The number of ether oxygens (including phenoxy) is 2. The van der Waals surface area contributed by atoms with Crippen LogP contribution in [0.4, 0.5) is 11.4 Å². The minimum absolute atomic E-state index is 0.104. The molecule has 0 aliphatic rings. The van der Waals surface area contributed by atoms with E-state index in [-0.39, 0.29) is 22.5 Å². The van der Waals surface area contributed by atoms with Crippen molar-refractivity contribution in [2.45, 2.75) is 51.4 Å². The normalized spacial score (nSPS) is 9.67. The van der Waals surface area contributed by atoms with E-state index >= 15 is 0 Å². The van der Waals surface area contributed by atoms with Gasteiger partial charge in [0.25, 0.3) is 11.4 Å². The minimum Gasteiger partial charge on any atom is -0.369 e. The third-order valence-electron chi connectivity index (χ3n) is 4.91. The van der Waals surface area contributed by atoms with Gasteiger partial charge in [-0.3, -0.25) is 20.2 Å². The van der Waals surface area contributed by atoms with Crippen LogP contribution >= 0.6 is 0 Å². The first-order valence-electron chi connectivity index (χ1n) is 11.3. The maximum atomic E-state index is 11.8. The molecule has 10 nitrogen and oxygen atoms in total. The number of carbonyl (C=O) groups is 2. The van der Waals surface area contributed by atoms with Crippen molar-refractivity contribution in [3.05, 3.63) is 79.9 Å². The van der Waals surface area contributed by atoms with Gasteiger partial charge in [-0.15, -0.1) is 0 Å². The molecular weight excluding hydrogens is 468 g/mol. The molecule has 0 bridgehead atoms. The van der Waals surface area contributed by atoms with Gasteiger partial charge in [-0.25, -0.2) is 9.59 Å². The lowest BCUT2D eigenvalue weighted by Crippen LogP contribution is -2.00. The van der Waals surface area contributed by atoms with Gasteiger partial charge in [0.05, 0.1) is 21.0 Å². The lowest BCUT2D eigenvalue weighted by atomic mass is 10.1. The van der Waals surface area contributed by atoms with Crippen molar-refractivity contribution in [1.29, 1.82) is 0 Å². The maximum absolute atomic E-state index is 11.8. The van der Waals surface area contributed by atoms with Crippen LogP contribution in [0.2, 0.25) is 0 Å².